The summed E-state index contributed by atoms with van der Waals surface area (Å²) in [5.74, 6) is 0.620. The first-order chi connectivity index (χ1) is 7.66. The van der Waals surface area contributed by atoms with Gasteiger partial charge in [-0.2, -0.15) is 5.10 Å². The Morgan fingerprint density at radius 3 is 2.69 bits per heavy atom. The number of rotatable bonds is 3. The second-order valence-corrected chi connectivity index (χ2v) is 4.89. The normalized spacial score (nSPS) is 18.2. The smallest absolute Gasteiger partial charge is 0.145 e. The Balaban J connectivity index is 1.95. The van der Waals surface area contributed by atoms with Crippen LogP contribution in [0, 0.1) is 0 Å². The zero-order valence-electron chi connectivity index (χ0n) is 10.3. The molecular formula is C12H22N4. The summed E-state index contributed by atoms with van der Waals surface area (Å²) in [4.78, 5) is 2.44. The van der Waals surface area contributed by atoms with Crippen molar-refractivity contribution in [3.05, 3.63) is 11.8 Å². The van der Waals surface area contributed by atoms with Gasteiger partial charge < -0.3 is 5.73 Å². The average Bonchev–Trinajstić information content (AvgIpc) is 2.59. The van der Waals surface area contributed by atoms with E-state index in [1.54, 1.807) is 0 Å². The molecule has 0 spiro atoms. The van der Waals surface area contributed by atoms with Crippen LogP contribution in [0.5, 0.6) is 0 Å². The predicted molar refractivity (Wildman–Crippen MR) is 66.0 cm³/mol. The van der Waals surface area contributed by atoms with Gasteiger partial charge in [0, 0.05) is 25.7 Å². The molecule has 0 amide bonds. The summed E-state index contributed by atoms with van der Waals surface area (Å²) in [5.41, 5.74) is 6.88. The molecular weight excluding hydrogens is 200 g/mol. The molecule has 1 aliphatic carbocycles. The molecule has 0 atom stereocenters. The molecule has 0 aromatic carbocycles. The Morgan fingerprint density at radius 1 is 1.44 bits per heavy atom. The molecule has 2 rings (SSSR count). The number of nitrogen functional groups attached to an aromatic ring is 1. The number of aromatic nitrogens is 2. The van der Waals surface area contributed by atoms with Crippen molar-refractivity contribution in [3.63, 3.8) is 0 Å². The van der Waals surface area contributed by atoms with Crippen molar-refractivity contribution in [2.24, 2.45) is 7.05 Å². The minimum atomic E-state index is 0.620. The third-order valence-electron chi connectivity index (χ3n) is 3.61. The van der Waals surface area contributed by atoms with Crippen LogP contribution in [0.2, 0.25) is 0 Å². The maximum absolute atomic E-state index is 5.68. The maximum atomic E-state index is 5.68. The molecule has 0 aliphatic heterocycles. The van der Waals surface area contributed by atoms with E-state index >= 15 is 0 Å². The molecule has 4 nitrogen and oxygen atoms in total. The quantitative estimate of drug-likeness (QED) is 0.848. The van der Waals surface area contributed by atoms with E-state index in [1.165, 1.54) is 37.8 Å². The lowest BCUT2D eigenvalue weighted by Gasteiger charge is -2.31. The fraction of sp³-hybridized carbons (Fsp3) is 0.750. The second kappa shape index (κ2) is 4.87. The Morgan fingerprint density at radius 2 is 2.12 bits per heavy atom. The van der Waals surface area contributed by atoms with Gasteiger partial charge in [-0.3, -0.25) is 9.58 Å². The molecule has 0 unspecified atom stereocenters. The second-order valence-electron chi connectivity index (χ2n) is 4.89. The highest BCUT2D eigenvalue weighted by atomic mass is 15.3. The lowest BCUT2D eigenvalue weighted by molar-refractivity contribution is 0.181. The summed E-state index contributed by atoms with van der Waals surface area (Å²) >= 11 is 0. The first-order valence-electron chi connectivity index (χ1n) is 6.15. The van der Waals surface area contributed by atoms with Gasteiger partial charge in [-0.1, -0.05) is 19.3 Å². The van der Waals surface area contributed by atoms with E-state index < -0.39 is 0 Å². The lowest BCUT2D eigenvalue weighted by atomic mass is 9.94. The van der Waals surface area contributed by atoms with Crippen molar-refractivity contribution < 1.29 is 0 Å². The maximum Gasteiger partial charge on any atom is 0.145 e. The van der Waals surface area contributed by atoms with E-state index in [4.69, 9.17) is 5.73 Å². The number of nitrogens with zero attached hydrogens (tertiary/aromatic N) is 3. The third-order valence-corrected chi connectivity index (χ3v) is 3.61. The summed E-state index contributed by atoms with van der Waals surface area (Å²) in [6.45, 7) is 0.950. The first kappa shape index (κ1) is 11.5. The zero-order valence-corrected chi connectivity index (χ0v) is 10.3. The number of anilines is 1. The van der Waals surface area contributed by atoms with Gasteiger partial charge >= 0.3 is 0 Å². The molecule has 0 saturated heterocycles. The van der Waals surface area contributed by atoms with Crippen molar-refractivity contribution >= 4 is 5.82 Å². The molecule has 1 fully saturated rings. The summed E-state index contributed by atoms with van der Waals surface area (Å²) < 4.78 is 1.88. The molecule has 0 bridgehead atoms. The van der Waals surface area contributed by atoms with Crippen molar-refractivity contribution in [3.8, 4) is 0 Å². The number of hydrogen-bond acceptors (Lipinski definition) is 3. The largest absolute Gasteiger partial charge is 0.382 e. The van der Waals surface area contributed by atoms with Crippen molar-refractivity contribution in [2.75, 3.05) is 12.8 Å². The summed E-state index contributed by atoms with van der Waals surface area (Å²) in [7, 11) is 4.17. The fourth-order valence-electron chi connectivity index (χ4n) is 2.58. The van der Waals surface area contributed by atoms with Crippen LogP contribution >= 0.6 is 0 Å². The van der Waals surface area contributed by atoms with E-state index in [0.29, 0.717) is 5.82 Å². The Kier molecular flexibility index (Phi) is 3.49. The molecule has 1 aromatic rings. The van der Waals surface area contributed by atoms with Crippen molar-refractivity contribution in [2.45, 2.75) is 44.7 Å². The number of nitrogens with two attached hydrogens (primary N) is 1. The van der Waals surface area contributed by atoms with Crippen LogP contribution in [0.4, 0.5) is 5.82 Å². The van der Waals surface area contributed by atoms with Gasteiger partial charge in [-0.05, 0) is 19.9 Å². The number of aryl methyl sites for hydroxylation is 1. The van der Waals surface area contributed by atoms with Crippen LogP contribution in [0.3, 0.4) is 0 Å². The van der Waals surface area contributed by atoms with Crippen LogP contribution in [0.15, 0.2) is 6.07 Å². The van der Waals surface area contributed by atoms with Crippen LogP contribution in [-0.2, 0) is 13.6 Å². The molecule has 1 aliphatic rings. The fourth-order valence-corrected chi connectivity index (χ4v) is 2.58. The van der Waals surface area contributed by atoms with E-state index in [0.717, 1.165) is 12.6 Å². The summed E-state index contributed by atoms with van der Waals surface area (Å²) in [5, 5.41) is 4.18. The highest BCUT2D eigenvalue weighted by Crippen LogP contribution is 2.22. The monoisotopic (exact) mass is 222 g/mol. The number of hydrogen-bond donors (Lipinski definition) is 1. The van der Waals surface area contributed by atoms with E-state index in [2.05, 4.69) is 17.0 Å². The highest BCUT2D eigenvalue weighted by molar-refractivity contribution is 5.29. The van der Waals surface area contributed by atoms with Crippen LogP contribution in [0.25, 0.3) is 0 Å². The molecule has 2 N–H and O–H groups in total. The Hall–Kier alpha value is -1.03. The van der Waals surface area contributed by atoms with Crippen molar-refractivity contribution in [1.82, 2.24) is 14.7 Å². The molecule has 4 heteroatoms. The Bertz CT molecular complexity index is 339. The van der Waals surface area contributed by atoms with E-state index in [-0.39, 0.29) is 0 Å². The van der Waals surface area contributed by atoms with Gasteiger partial charge in [-0.25, -0.2) is 0 Å². The highest BCUT2D eigenvalue weighted by Gasteiger charge is 2.18. The molecule has 1 aromatic heterocycles. The van der Waals surface area contributed by atoms with Gasteiger partial charge in [0.15, 0.2) is 0 Å². The van der Waals surface area contributed by atoms with Gasteiger partial charge in [0.25, 0.3) is 0 Å². The SMILES string of the molecule is CN(Cc1cc(N)nn1C)C1CCCCC1. The summed E-state index contributed by atoms with van der Waals surface area (Å²) in [6, 6.07) is 2.71. The first-order valence-corrected chi connectivity index (χ1v) is 6.15. The van der Waals surface area contributed by atoms with Crippen LogP contribution in [-0.4, -0.2) is 27.8 Å². The van der Waals surface area contributed by atoms with E-state index in [1.807, 2.05) is 17.8 Å². The van der Waals surface area contributed by atoms with Gasteiger partial charge in [0.2, 0.25) is 0 Å². The van der Waals surface area contributed by atoms with Gasteiger partial charge in [0.05, 0.1) is 5.69 Å². The molecule has 1 saturated carbocycles. The standard InChI is InChI=1S/C12H22N4/c1-15(10-6-4-3-5-7-10)9-11-8-12(13)14-16(11)2/h8,10H,3-7,9H2,1-2H3,(H2,13,14). The molecule has 0 radical (unpaired) electrons. The topological polar surface area (TPSA) is 47.1 Å². The van der Waals surface area contributed by atoms with Gasteiger partial charge in [-0.15, -0.1) is 0 Å². The van der Waals surface area contributed by atoms with Crippen molar-refractivity contribution in [1.29, 1.82) is 0 Å². The lowest BCUT2D eigenvalue weighted by Crippen LogP contribution is -2.33. The van der Waals surface area contributed by atoms with Gasteiger partial charge in [0.1, 0.15) is 5.82 Å². The average molecular weight is 222 g/mol. The van der Waals surface area contributed by atoms with Crippen LogP contribution < -0.4 is 5.73 Å². The molecule has 1 heterocycles. The zero-order chi connectivity index (χ0) is 11.5. The Labute approximate surface area is 97.4 Å². The molecule has 90 valence electrons. The summed E-state index contributed by atoms with van der Waals surface area (Å²) in [6.07, 6.45) is 6.84. The minimum Gasteiger partial charge on any atom is -0.382 e. The van der Waals surface area contributed by atoms with Crippen LogP contribution in [0.1, 0.15) is 37.8 Å². The third kappa shape index (κ3) is 2.55. The minimum absolute atomic E-state index is 0.620. The predicted octanol–water partition coefficient (Wildman–Crippen LogP) is 1.77. The molecule has 16 heavy (non-hydrogen) atoms. The van der Waals surface area contributed by atoms with E-state index in [9.17, 15) is 0 Å².